The molecule has 0 bridgehead atoms. The van der Waals surface area contributed by atoms with Gasteiger partial charge < -0.3 is 10.4 Å². The summed E-state index contributed by atoms with van der Waals surface area (Å²) in [6.07, 6.45) is 0. The third kappa shape index (κ3) is 3.70. The zero-order valence-electron chi connectivity index (χ0n) is 12.6. The van der Waals surface area contributed by atoms with Crippen LogP contribution in [0.4, 0.5) is 0 Å². The first-order chi connectivity index (χ1) is 9.91. The first-order valence-corrected chi connectivity index (χ1v) is 6.93. The molecule has 2 aromatic rings. The van der Waals surface area contributed by atoms with E-state index < -0.39 is 0 Å². The Hall–Kier alpha value is -2.14. The summed E-state index contributed by atoms with van der Waals surface area (Å²) in [4.78, 5) is 12.1. The van der Waals surface area contributed by atoms with E-state index in [4.69, 9.17) is 0 Å². The van der Waals surface area contributed by atoms with Crippen LogP contribution in [0.1, 0.15) is 48.1 Å². The number of aliphatic hydroxyl groups is 1. The number of amides is 1. The Balaban J connectivity index is 2.03. The van der Waals surface area contributed by atoms with Gasteiger partial charge in [0.1, 0.15) is 5.69 Å². The van der Waals surface area contributed by atoms with Gasteiger partial charge in [0.05, 0.1) is 6.61 Å². The smallest absolute Gasteiger partial charge is 0.272 e. The minimum Gasteiger partial charge on any atom is -0.392 e. The number of aromatic amines is 1. The van der Waals surface area contributed by atoms with Gasteiger partial charge in [-0.3, -0.25) is 9.89 Å². The number of nitrogens with zero attached hydrogens (tertiary/aromatic N) is 1. The third-order valence-corrected chi connectivity index (χ3v) is 3.35. The van der Waals surface area contributed by atoms with Crippen LogP contribution >= 0.6 is 0 Å². The normalized spacial score (nSPS) is 11.4. The summed E-state index contributed by atoms with van der Waals surface area (Å²) >= 11 is 0. The number of hydrogen-bond donors (Lipinski definition) is 3. The number of aromatic nitrogens is 2. The van der Waals surface area contributed by atoms with Gasteiger partial charge in [-0.05, 0) is 17.2 Å². The molecule has 112 valence electrons. The largest absolute Gasteiger partial charge is 0.392 e. The molecule has 0 aliphatic rings. The van der Waals surface area contributed by atoms with Gasteiger partial charge in [-0.2, -0.15) is 5.10 Å². The van der Waals surface area contributed by atoms with Crippen molar-refractivity contribution in [1.82, 2.24) is 15.5 Å². The highest BCUT2D eigenvalue weighted by atomic mass is 16.3. The average Bonchev–Trinajstić information content (AvgIpc) is 2.95. The number of aliphatic hydroxyl groups excluding tert-OH is 1. The van der Waals surface area contributed by atoms with Crippen LogP contribution in [0.15, 0.2) is 30.3 Å². The van der Waals surface area contributed by atoms with Gasteiger partial charge in [-0.15, -0.1) is 0 Å². The van der Waals surface area contributed by atoms with E-state index in [2.05, 4.69) is 36.3 Å². The summed E-state index contributed by atoms with van der Waals surface area (Å²) in [6, 6.07) is 9.24. The maximum atomic E-state index is 12.1. The van der Waals surface area contributed by atoms with E-state index in [9.17, 15) is 9.90 Å². The van der Waals surface area contributed by atoms with E-state index in [1.54, 1.807) is 6.07 Å². The summed E-state index contributed by atoms with van der Waals surface area (Å²) in [5.41, 5.74) is 2.94. The fraction of sp³-hybridized carbons (Fsp3) is 0.375. The predicted octanol–water partition coefficient (Wildman–Crippen LogP) is 2.13. The van der Waals surface area contributed by atoms with Gasteiger partial charge in [0.25, 0.3) is 5.91 Å². The van der Waals surface area contributed by atoms with Crippen molar-refractivity contribution in [3.63, 3.8) is 0 Å². The van der Waals surface area contributed by atoms with Crippen molar-refractivity contribution in [2.45, 2.75) is 39.3 Å². The van der Waals surface area contributed by atoms with Crippen LogP contribution in [-0.4, -0.2) is 21.2 Å². The number of rotatable bonds is 4. The van der Waals surface area contributed by atoms with E-state index >= 15 is 0 Å². The lowest BCUT2D eigenvalue weighted by atomic mass is 9.92. The van der Waals surface area contributed by atoms with Crippen LogP contribution in [0.25, 0.3) is 0 Å². The van der Waals surface area contributed by atoms with Gasteiger partial charge in [-0.25, -0.2) is 0 Å². The van der Waals surface area contributed by atoms with Crippen molar-refractivity contribution in [2.24, 2.45) is 0 Å². The predicted molar refractivity (Wildman–Crippen MR) is 80.8 cm³/mol. The molecule has 0 aliphatic heterocycles. The minimum absolute atomic E-state index is 0.0391. The highest BCUT2D eigenvalue weighted by molar-refractivity contribution is 5.92. The zero-order valence-corrected chi connectivity index (χ0v) is 12.6. The molecule has 5 heteroatoms. The van der Waals surface area contributed by atoms with E-state index in [-0.39, 0.29) is 17.9 Å². The summed E-state index contributed by atoms with van der Waals surface area (Å²) in [5.74, 6) is -0.227. The van der Waals surface area contributed by atoms with Crippen molar-refractivity contribution in [3.8, 4) is 0 Å². The molecule has 0 saturated heterocycles. The van der Waals surface area contributed by atoms with Crippen LogP contribution in [0.2, 0.25) is 0 Å². The monoisotopic (exact) mass is 287 g/mol. The van der Waals surface area contributed by atoms with Gasteiger partial charge in [0, 0.05) is 17.7 Å². The molecule has 0 spiro atoms. The van der Waals surface area contributed by atoms with Crippen molar-refractivity contribution in [1.29, 1.82) is 0 Å². The van der Waals surface area contributed by atoms with Crippen LogP contribution in [0, 0.1) is 0 Å². The number of nitrogens with one attached hydrogen (secondary N) is 2. The summed E-state index contributed by atoms with van der Waals surface area (Å²) < 4.78 is 0. The van der Waals surface area contributed by atoms with Crippen LogP contribution in [-0.2, 0) is 18.6 Å². The van der Waals surface area contributed by atoms with Crippen molar-refractivity contribution >= 4 is 5.91 Å². The molecule has 0 unspecified atom stereocenters. The number of hydrogen-bond acceptors (Lipinski definition) is 3. The lowest BCUT2D eigenvalue weighted by molar-refractivity contribution is 0.0945. The molecule has 1 amide bonds. The molecular weight excluding hydrogens is 266 g/mol. The fourth-order valence-electron chi connectivity index (χ4n) is 1.97. The maximum Gasteiger partial charge on any atom is 0.272 e. The highest BCUT2D eigenvalue weighted by Gasteiger charge is 2.19. The van der Waals surface area contributed by atoms with E-state index in [1.165, 1.54) is 0 Å². The van der Waals surface area contributed by atoms with Gasteiger partial charge in [0.15, 0.2) is 0 Å². The molecule has 2 rings (SSSR count). The Bertz CT molecular complexity index is 626. The van der Waals surface area contributed by atoms with E-state index in [0.29, 0.717) is 12.2 Å². The number of benzene rings is 1. The average molecular weight is 287 g/mol. The summed E-state index contributed by atoms with van der Waals surface area (Å²) in [6.45, 7) is 6.50. The maximum absolute atomic E-state index is 12.1. The van der Waals surface area contributed by atoms with E-state index in [1.807, 2.05) is 24.3 Å². The second-order valence-electron chi connectivity index (χ2n) is 6.03. The molecule has 1 aromatic heterocycles. The quantitative estimate of drug-likeness (QED) is 0.806. The second kappa shape index (κ2) is 6.10. The molecular formula is C16H21N3O2. The Morgan fingerprint density at radius 2 is 1.95 bits per heavy atom. The molecule has 0 fully saturated rings. The molecule has 1 aromatic carbocycles. The number of carbonyl (C=O) groups excluding carboxylic acids is 1. The molecule has 1 heterocycles. The molecule has 0 radical (unpaired) electrons. The summed E-state index contributed by atoms with van der Waals surface area (Å²) in [7, 11) is 0. The third-order valence-electron chi connectivity index (χ3n) is 3.35. The number of H-pyrrole nitrogens is 1. The Labute approximate surface area is 124 Å². The van der Waals surface area contributed by atoms with Crippen molar-refractivity contribution in [3.05, 3.63) is 52.8 Å². The molecule has 21 heavy (non-hydrogen) atoms. The lowest BCUT2D eigenvalue weighted by Gasteiger charge is -2.14. The molecule has 0 aliphatic carbocycles. The SMILES string of the molecule is CC(C)(C)c1cc(C(=O)NCc2ccccc2CO)n[nH]1. The minimum atomic E-state index is -0.227. The first-order valence-electron chi connectivity index (χ1n) is 6.93. The standard InChI is InChI=1S/C16H21N3O2/c1-16(2,3)14-8-13(18-19-14)15(21)17-9-11-6-4-5-7-12(11)10-20/h4-8,20H,9-10H2,1-3H3,(H,17,21)(H,18,19). The molecule has 0 atom stereocenters. The van der Waals surface area contributed by atoms with Gasteiger partial charge in [-0.1, -0.05) is 45.0 Å². The first kappa shape index (κ1) is 15.3. The van der Waals surface area contributed by atoms with Crippen molar-refractivity contribution in [2.75, 3.05) is 0 Å². The van der Waals surface area contributed by atoms with Gasteiger partial charge in [0.2, 0.25) is 0 Å². The molecule has 5 nitrogen and oxygen atoms in total. The fourth-order valence-corrected chi connectivity index (χ4v) is 1.97. The Morgan fingerprint density at radius 3 is 2.52 bits per heavy atom. The van der Waals surface area contributed by atoms with Crippen LogP contribution in [0.3, 0.4) is 0 Å². The van der Waals surface area contributed by atoms with Gasteiger partial charge >= 0.3 is 0 Å². The zero-order chi connectivity index (χ0) is 15.5. The van der Waals surface area contributed by atoms with Crippen LogP contribution < -0.4 is 5.32 Å². The Kier molecular flexibility index (Phi) is 4.43. The number of carbonyl (C=O) groups is 1. The topological polar surface area (TPSA) is 78.0 Å². The van der Waals surface area contributed by atoms with Crippen molar-refractivity contribution < 1.29 is 9.90 Å². The summed E-state index contributed by atoms with van der Waals surface area (Å²) in [5, 5.41) is 19.0. The Morgan fingerprint density at radius 1 is 1.29 bits per heavy atom. The molecule has 3 N–H and O–H groups in total. The lowest BCUT2D eigenvalue weighted by Crippen LogP contribution is -2.23. The molecule has 0 saturated carbocycles. The second-order valence-corrected chi connectivity index (χ2v) is 6.03. The highest BCUT2D eigenvalue weighted by Crippen LogP contribution is 2.20. The van der Waals surface area contributed by atoms with Crippen LogP contribution in [0.5, 0.6) is 0 Å². The van der Waals surface area contributed by atoms with E-state index in [0.717, 1.165) is 16.8 Å².